The van der Waals surface area contributed by atoms with Gasteiger partial charge in [0.15, 0.2) is 5.78 Å². The van der Waals surface area contributed by atoms with Crippen molar-refractivity contribution in [2.75, 3.05) is 0 Å². The molecule has 122 valence electrons. The van der Waals surface area contributed by atoms with E-state index in [0.717, 1.165) is 5.56 Å². The molecular weight excluding hydrogens is 308 g/mol. The van der Waals surface area contributed by atoms with Crippen LogP contribution < -0.4 is 0 Å². The number of rotatable bonds is 6. The van der Waals surface area contributed by atoms with Crippen molar-refractivity contribution in [3.63, 3.8) is 0 Å². The van der Waals surface area contributed by atoms with Gasteiger partial charge in [-0.2, -0.15) is 0 Å². The number of carboxylic acid groups (broad SMARTS) is 2. The van der Waals surface area contributed by atoms with Gasteiger partial charge >= 0.3 is 11.9 Å². The van der Waals surface area contributed by atoms with Crippen molar-refractivity contribution in [3.05, 3.63) is 76.9 Å². The van der Waals surface area contributed by atoms with Crippen LogP contribution in [0.5, 0.6) is 0 Å². The third-order valence-corrected chi connectivity index (χ3v) is 3.51. The fourth-order valence-electron chi connectivity index (χ4n) is 2.38. The lowest BCUT2D eigenvalue weighted by Gasteiger charge is -2.09. The lowest BCUT2D eigenvalue weighted by Crippen LogP contribution is -2.14. The summed E-state index contributed by atoms with van der Waals surface area (Å²) in [6.45, 7) is 1.82. The summed E-state index contributed by atoms with van der Waals surface area (Å²) in [4.78, 5) is 35.5. The Labute approximate surface area is 138 Å². The Balaban J connectivity index is 2.49. The lowest BCUT2D eigenvalue weighted by molar-refractivity contribution is -0.134. The minimum atomic E-state index is -1.42. The van der Waals surface area contributed by atoms with Crippen molar-refractivity contribution in [1.82, 2.24) is 0 Å². The minimum absolute atomic E-state index is 0.249. The van der Waals surface area contributed by atoms with E-state index in [4.69, 9.17) is 0 Å². The molecule has 0 saturated heterocycles. The van der Waals surface area contributed by atoms with Gasteiger partial charge in [0.1, 0.15) is 0 Å². The van der Waals surface area contributed by atoms with Crippen LogP contribution in [-0.2, 0) is 9.59 Å². The summed E-state index contributed by atoms with van der Waals surface area (Å²) >= 11 is 0. The first kappa shape index (κ1) is 17.1. The molecule has 24 heavy (non-hydrogen) atoms. The van der Waals surface area contributed by atoms with E-state index in [1.54, 1.807) is 36.4 Å². The second-order valence-corrected chi connectivity index (χ2v) is 5.30. The first-order valence-electron chi connectivity index (χ1n) is 7.25. The third-order valence-electron chi connectivity index (χ3n) is 3.51. The van der Waals surface area contributed by atoms with Gasteiger partial charge in [0.2, 0.25) is 0 Å². The van der Waals surface area contributed by atoms with Crippen molar-refractivity contribution in [3.8, 4) is 0 Å². The Morgan fingerprint density at radius 3 is 2.00 bits per heavy atom. The molecule has 0 atom stereocenters. The minimum Gasteiger partial charge on any atom is -0.478 e. The molecule has 0 aliphatic heterocycles. The van der Waals surface area contributed by atoms with Crippen LogP contribution in [0.1, 0.15) is 27.9 Å². The fraction of sp³-hybridized carbons (Fsp3) is 0.105. The number of carbonyl (C=O) groups excluding carboxylic acids is 1. The Morgan fingerprint density at radius 1 is 0.833 bits per heavy atom. The predicted molar refractivity (Wildman–Crippen MR) is 88.8 cm³/mol. The number of aryl methyl sites for hydroxylation is 1. The highest BCUT2D eigenvalue weighted by atomic mass is 16.4. The summed E-state index contributed by atoms with van der Waals surface area (Å²) in [6, 6.07) is 14.7. The summed E-state index contributed by atoms with van der Waals surface area (Å²) in [7, 11) is 0. The second-order valence-electron chi connectivity index (χ2n) is 5.30. The van der Waals surface area contributed by atoms with Crippen molar-refractivity contribution in [2.45, 2.75) is 13.3 Å². The Kier molecular flexibility index (Phi) is 5.27. The van der Waals surface area contributed by atoms with Crippen molar-refractivity contribution < 1.29 is 24.6 Å². The Morgan fingerprint density at radius 2 is 1.46 bits per heavy atom. The molecule has 0 aromatic heterocycles. The lowest BCUT2D eigenvalue weighted by atomic mass is 9.94. The Hall–Kier alpha value is -3.21. The van der Waals surface area contributed by atoms with E-state index in [0.29, 0.717) is 5.56 Å². The van der Waals surface area contributed by atoms with Crippen LogP contribution in [0.4, 0.5) is 0 Å². The number of hydrogen-bond acceptors (Lipinski definition) is 3. The molecule has 0 unspecified atom stereocenters. The van der Waals surface area contributed by atoms with Crippen LogP contribution in [0.3, 0.4) is 0 Å². The number of carboxylic acids is 2. The van der Waals surface area contributed by atoms with Crippen molar-refractivity contribution in [2.24, 2.45) is 0 Å². The maximum Gasteiger partial charge on any atom is 0.336 e. The van der Waals surface area contributed by atoms with Gasteiger partial charge < -0.3 is 10.2 Å². The van der Waals surface area contributed by atoms with E-state index in [2.05, 4.69) is 0 Å². The van der Waals surface area contributed by atoms with Crippen molar-refractivity contribution >= 4 is 23.3 Å². The molecular formula is C19H16O5. The molecule has 5 heteroatoms. The molecule has 0 bridgehead atoms. The molecule has 2 aromatic rings. The van der Waals surface area contributed by atoms with E-state index in [9.17, 15) is 24.6 Å². The first-order valence-corrected chi connectivity index (χ1v) is 7.25. The van der Waals surface area contributed by atoms with E-state index < -0.39 is 29.7 Å². The predicted octanol–water partition coefficient (Wildman–Crippen LogP) is 3.19. The number of aliphatic carboxylic acids is 2. The highest BCUT2D eigenvalue weighted by Gasteiger charge is 2.24. The average molecular weight is 324 g/mol. The highest BCUT2D eigenvalue weighted by Crippen LogP contribution is 2.23. The van der Waals surface area contributed by atoms with Crippen LogP contribution in [0, 0.1) is 6.92 Å². The third kappa shape index (κ3) is 3.95. The monoisotopic (exact) mass is 324 g/mol. The van der Waals surface area contributed by atoms with E-state index >= 15 is 0 Å². The molecule has 2 aromatic carbocycles. The molecule has 0 aliphatic rings. The molecule has 0 amide bonds. The largest absolute Gasteiger partial charge is 0.478 e. The van der Waals surface area contributed by atoms with Crippen molar-refractivity contribution in [1.29, 1.82) is 0 Å². The van der Waals surface area contributed by atoms with Gasteiger partial charge in [0.05, 0.1) is 11.1 Å². The van der Waals surface area contributed by atoms with Gasteiger partial charge in [-0.1, -0.05) is 54.1 Å². The van der Waals surface area contributed by atoms with Gasteiger partial charge in [0, 0.05) is 12.0 Å². The zero-order valence-electron chi connectivity index (χ0n) is 13.0. The maximum absolute atomic E-state index is 12.4. The average Bonchev–Trinajstić information content (AvgIpc) is 2.54. The second kappa shape index (κ2) is 7.37. The highest BCUT2D eigenvalue weighted by molar-refractivity contribution is 6.23. The normalized spacial score (nSPS) is 11.5. The SMILES string of the molecule is Cc1cccc(C(=O)C/C(C(=O)O)=C(\C(=O)O)c2ccccc2)c1. The molecule has 0 fully saturated rings. The molecule has 0 saturated carbocycles. The first-order chi connectivity index (χ1) is 11.4. The van der Waals surface area contributed by atoms with E-state index in [1.807, 2.05) is 13.0 Å². The van der Waals surface area contributed by atoms with Gasteiger partial charge in [-0.05, 0) is 18.6 Å². The van der Waals surface area contributed by atoms with Crippen LogP contribution in [-0.4, -0.2) is 27.9 Å². The van der Waals surface area contributed by atoms with Gasteiger partial charge in [-0.25, -0.2) is 9.59 Å². The van der Waals surface area contributed by atoms with E-state index in [-0.39, 0.29) is 11.1 Å². The molecule has 0 radical (unpaired) electrons. The zero-order chi connectivity index (χ0) is 17.7. The molecule has 0 spiro atoms. The Bertz CT molecular complexity index is 819. The standard InChI is InChI=1S/C19H16O5/c1-12-6-5-9-14(10-12)16(20)11-15(18(21)22)17(19(23)24)13-7-3-2-4-8-13/h2-10H,11H2,1H3,(H,21,22)(H,23,24)/b17-15+. The summed E-state index contributed by atoms with van der Waals surface area (Å²) in [5.41, 5.74) is 0.665. The fourth-order valence-corrected chi connectivity index (χ4v) is 2.38. The summed E-state index contributed by atoms with van der Waals surface area (Å²) in [6.07, 6.45) is -0.491. The molecule has 0 heterocycles. The van der Waals surface area contributed by atoms with Gasteiger partial charge in [-0.15, -0.1) is 0 Å². The quantitative estimate of drug-likeness (QED) is 0.629. The maximum atomic E-state index is 12.4. The summed E-state index contributed by atoms with van der Waals surface area (Å²) in [5, 5.41) is 18.9. The number of benzene rings is 2. The number of Topliss-reactive ketones (excluding diaryl/α,β-unsaturated/α-hetero) is 1. The van der Waals surface area contributed by atoms with Gasteiger partial charge in [-0.3, -0.25) is 4.79 Å². The number of carbonyl (C=O) groups is 3. The molecule has 0 aliphatic carbocycles. The molecule has 2 N–H and O–H groups in total. The van der Waals surface area contributed by atoms with Crippen LogP contribution in [0.15, 0.2) is 60.2 Å². The summed E-state index contributed by atoms with van der Waals surface area (Å²) in [5.74, 6) is -3.24. The smallest absolute Gasteiger partial charge is 0.336 e. The molecule has 2 rings (SSSR count). The molecule has 5 nitrogen and oxygen atoms in total. The topological polar surface area (TPSA) is 91.7 Å². The number of ketones is 1. The van der Waals surface area contributed by atoms with Crippen LogP contribution >= 0.6 is 0 Å². The number of hydrogen-bond donors (Lipinski definition) is 2. The van der Waals surface area contributed by atoms with Gasteiger partial charge in [0.25, 0.3) is 0 Å². The summed E-state index contributed by atoms with van der Waals surface area (Å²) < 4.78 is 0. The van der Waals surface area contributed by atoms with Crippen LogP contribution in [0.25, 0.3) is 5.57 Å². The van der Waals surface area contributed by atoms with E-state index in [1.165, 1.54) is 12.1 Å². The van der Waals surface area contributed by atoms with Crippen LogP contribution in [0.2, 0.25) is 0 Å². The zero-order valence-corrected chi connectivity index (χ0v) is 13.0.